The van der Waals surface area contributed by atoms with Crippen LogP contribution in [0.4, 0.5) is 26.7 Å². The number of carbonyl (C=O) groups excluding carboxylic acids is 3. The van der Waals surface area contributed by atoms with Crippen molar-refractivity contribution < 1.29 is 64.1 Å². The van der Waals surface area contributed by atoms with Crippen molar-refractivity contribution in [3.8, 4) is 11.8 Å². The van der Waals surface area contributed by atoms with Crippen LogP contribution in [0.3, 0.4) is 0 Å². The molecule has 6 rings (SSSR count). The van der Waals surface area contributed by atoms with E-state index in [0.29, 0.717) is 37.5 Å². The maximum absolute atomic E-state index is 15.0. The summed E-state index contributed by atoms with van der Waals surface area (Å²) in [5, 5.41) is 13.7. The number of carbonyl (C=O) groups is 4. The monoisotopic (exact) mass is 857 g/mol. The molecule has 59 heavy (non-hydrogen) atoms. The molecular weight excluding hydrogens is 810 g/mol. The van der Waals surface area contributed by atoms with Gasteiger partial charge in [-0.15, -0.1) is 0 Å². The van der Waals surface area contributed by atoms with Gasteiger partial charge in [0.15, 0.2) is 0 Å². The number of allylic oxidation sites excluding steroid dienone is 1. The molecule has 2 aliphatic carbocycles. The third-order valence-electron chi connectivity index (χ3n) is 12.2. The second kappa shape index (κ2) is 15.7. The maximum atomic E-state index is 15.0. The number of rotatable bonds is 9. The lowest BCUT2D eigenvalue weighted by Crippen LogP contribution is -2.66. The summed E-state index contributed by atoms with van der Waals surface area (Å²) in [4.78, 5) is 61.7. The first-order valence-electron chi connectivity index (χ1n) is 19.3. The van der Waals surface area contributed by atoms with Crippen molar-refractivity contribution in [3.05, 3.63) is 42.2 Å². The summed E-state index contributed by atoms with van der Waals surface area (Å²) in [5.41, 5.74) is -4.97. The summed E-state index contributed by atoms with van der Waals surface area (Å²) in [6.45, 7) is 2.85. The van der Waals surface area contributed by atoms with Gasteiger partial charge in [0.1, 0.15) is 46.5 Å². The Hall–Kier alpha value is -4.75. The summed E-state index contributed by atoms with van der Waals surface area (Å²) >= 11 is 0. The average molecular weight is 858 g/mol. The third kappa shape index (κ3) is 8.24. The molecule has 4 amide bonds. The number of methoxy groups -OCH3 is 1. The highest BCUT2D eigenvalue weighted by molar-refractivity contribution is 7.91. The van der Waals surface area contributed by atoms with Gasteiger partial charge in [0.2, 0.25) is 33.6 Å². The van der Waals surface area contributed by atoms with E-state index >= 15 is 0 Å². The van der Waals surface area contributed by atoms with E-state index in [9.17, 15) is 54.7 Å². The van der Waals surface area contributed by atoms with Crippen molar-refractivity contribution in [2.75, 3.05) is 20.3 Å². The number of hydrogen-bond acceptors (Lipinski definition) is 9. The number of halogens is 5. The van der Waals surface area contributed by atoms with Crippen LogP contribution in [0.25, 0.3) is 10.8 Å². The van der Waals surface area contributed by atoms with Crippen LogP contribution in [0, 0.1) is 23.6 Å². The van der Waals surface area contributed by atoms with Crippen molar-refractivity contribution in [1.29, 1.82) is 0 Å². The quantitative estimate of drug-likeness (QED) is 0.222. The topological polar surface area (TPSA) is 185 Å². The first-order chi connectivity index (χ1) is 27.5. The Bertz CT molecular complexity index is 2150. The second-order valence-corrected chi connectivity index (χ2v) is 18.9. The highest BCUT2D eigenvalue weighted by Gasteiger charge is 2.64. The summed E-state index contributed by atoms with van der Waals surface area (Å²) < 4.78 is 110. The second-order valence-electron chi connectivity index (χ2n) is 16.8. The maximum Gasteiger partial charge on any atom is 0.411 e. The molecule has 2 saturated carbocycles. The summed E-state index contributed by atoms with van der Waals surface area (Å²) in [6.07, 6.45) is -4.45. The fourth-order valence-electron chi connectivity index (χ4n) is 8.26. The summed E-state index contributed by atoms with van der Waals surface area (Å²) in [6, 6.07) is 1.59. The molecule has 1 aromatic carbocycles. The predicted molar refractivity (Wildman–Crippen MR) is 202 cm³/mol. The van der Waals surface area contributed by atoms with E-state index in [0.717, 1.165) is 11.0 Å². The van der Waals surface area contributed by atoms with Crippen molar-refractivity contribution in [2.24, 2.45) is 17.8 Å². The molecule has 3 heterocycles. The van der Waals surface area contributed by atoms with Crippen molar-refractivity contribution in [1.82, 2.24) is 24.8 Å². The number of aromatic nitrogens is 1. The minimum atomic E-state index is -5.15. The first kappa shape index (κ1) is 43.8. The lowest BCUT2D eigenvalue weighted by Gasteiger charge is -2.45. The van der Waals surface area contributed by atoms with Gasteiger partial charge in [-0.25, -0.2) is 22.0 Å². The smallest absolute Gasteiger partial charge is 0.411 e. The number of nitrogens with one attached hydrogen (secondary N) is 2. The standard InChI is InChI=1S/C39H48F5N5O9S/c1-21-8-6-7-9-24-18-38(24,34(52)47-59(55,56)37(20-40)12-13-37)46-31(50)28-17-26(58-32-27-11-10-25(41)15-23(27)16-29(45-32)57-5)19-48(28)33(51)30(22(2)14-21)49(35(53)54)36(3,4)39(42,43)44/h7,9-11,15-16,21-22,24,26,28,30H,6,8,12-14,17-20H2,1-5H3,(H,46,50)(H,47,52)(H,53,54)/b9-7-/t21-,22+,24+,26+,28-,30-,38+/m0/s1. The van der Waals surface area contributed by atoms with Gasteiger partial charge >= 0.3 is 12.3 Å². The van der Waals surface area contributed by atoms with Gasteiger partial charge in [-0.05, 0) is 87.8 Å². The molecule has 324 valence electrons. The SMILES string of the molecule is COc1cc2cc(F)ccc2c(O[C@@H]2C[C@H]3C(=O)N[C@]4(C(=O)NS(=O)(=O)C5(CF)CC5)C[C@H]4/C=C\CC[C@H](C)C[C@@H](C)[C@H](N(C(=O)O)C(C)(C)C(F)(F)F)C(=O)N3C2)n1. The Labute approximate surface area is 337 Å². The normalized spacial score (nSPS) is 29.2. The van der Waals surface area contributed by atoms with Gasteiger partial charge in [0, 0.05) is 23.8 Å². The van der Waals surface area contributed by atoms with E-state index in [1.807, 2.05) is 4.72 Å². The molecule has 2 aromatic rings. The minimum absolute atomic E-state index is 0.0159. The van der Waals surface area contributed by atoms with Crippen LogP contribution < -0.4 is 19.5 Å². The number of nitrogens with zero attached hydrogens (tertiary/aromatic N) is 3. The van der Waals surface area contributed by atoms with Crippen molar-refractivity contribution in [3.63, 3.8) is 0 Å². The lowest BCUT2D eigenvalue weighted by molar-refractivity contribution is -0.222. The van der Waals surface area contributed by atoms with E-state index in [1.54, 1.807) is 19.1 Å². The van der Waals surface area contributed by atoms with Gasteiger partial charge in [0.25, 0.3) is 5.91 Å². The van der Waals surface area contributed by atoms with Gasteiger partial charge in [-0.1, -0.05) is 26.0 Å². The molecule has 1 aromatic heterocycles. The highest BCUT2D eigenvalue weighted by Crippen LogP contribution is 2.48. The van der Waals surface area contributed by atoms with E-state index in [4.69, 9.17) is 9.47 Å². The third-order valence-corrected chi connectivity index (χ3v) is 14.3. The fourth-order valence-corrected chi connectivity index (χ4v) is 9.69. The number of benzene rings is 1. The van der Waals surface area contributed by atoms with Gasteiger partial charge in [0.05, 0.1) is 13.7 Å². The van der Waals surface area contributed by atoms with E-state index in [1.165, 1.54) is 32.2 Å². The molecule has 2 aliphatic heterocycles. The zero-order chi connectivity index (χ0) is 43.5. The van der Waals surface area contributed by atoms with Crippen LogP contribution in [0.15, 0.2) is 36.4 Å². The molecule has 0 radical (unpaired) electrons. The lowest BCUT2D eigenvalue weighted by atomic mass is 9.85. The molecule has 3 fully saturated rings. The molecule has 14 nitrogen and oxygen atoms in total. The Kier molecular flexibility index (Phi) is 11.7. The molecular formula is C39H48F5N5O9S. The molecule has 7 atom stereocenters. The van der Waals surface area contributed by atoms with Crippen molar-refractivity contribution in [2.45, 2.75) is 113 Å². The van der Waals surface area contributed by atoms with Crippen LogP contribution in [-0.4, -0.2) is 113 Å². The van der Waals surface area contributed by atoms with Crippen LogP contribution >= 0.6 is 0 Å². The summed E-state index contributed by atoms with van der Waals surface area (Å²) in [7, 11) is -3.22. The Morgan fingerprint density at radius 3 is 2.44 bits per heavy atom. The van der Waals surface area contributed by atoms with E-state index in [-0.39, 0.29) is 54.7 Å². The average Bonchev–Trinajstić information content (AvgIpc) is 4.05. The molecule has 20 heteroatoms. The Morgan fingerprint density at radius 2 is 1.83 bits per heavy atom. The molecule has 0 unspecified atom stereocenters. The number of alkyl halides is 4. The van der Waals surface area contributed by atoms with Crippen LogP contribution in [0.2, 0.25) is 0 Å². The number of pyridine rings is 1. The van der Waals surface area contributed by atoms with E-state index in [2.05, 4.69) is 10.3 Å². The van der Waals surface area contributed by atoms with Gasteiger partial charge in [-0.3, -0.25) is 24.0 Å². The minimum Gasteiger partial charge on any atom is -0.481 e. The number of fused-ring (bicyclic) bond motifs is 3. The zero-order valence-corrected chi connectivity index (χ0v) is 34.0. The van der Waals surface area contributed by atoms with Crippen molar-refractivity contribution >= 4 is 44.6 Å². The molecule has 3 N–H and O–H groups in total. The number of hydrogen-bond donors (Lipinski definition) is 3. The number of sulfonamides is 1. The Morgan fingerprint density at radius 1 is 1.14 bits per heavy atom. The fraction of sp³-hybridized carbons (Fsp3) is 0.615. The molecule has 4 aliphatic rings. The van der Waals surface area contributed by atoms with Gasteiger partial charge < -0.3 is 24.8 Å². The summed E-state index contributed by atoms with van der Waals surface area (Å²) in [5.74, 6) is -5.93. The Balaban J connectivity index is 1.44. The number of amides is 4. The largest absolute Gasteiger partial charge is 0.481 e. The molecule has 0 bridgehead atoms. The number of ether oxygens (including phenoxy) is 2. The first-order valence-corrected chi connectivity index (χ1v) is 20.8. The molecule has 0 spiro atoms. The number of carboxylic acid groups (broad SMARTS) is 1. The van der Waals surface area contributed by atoms with Crippen LogP contribution in [0.1, 0.15) is 72.6 Å². The highest BCUT2D eigenvalue weighted by atomic mass is 32.2. The zero-order valence-electron chi connectivity index (χ0n) is 33.1. The van der Waals surface area contributed by atoms with E-state index < -0.39 is 105 Å². The molecule has 1 saturated heterocycles. The van der Waals surface area contributed by atoms with Gasteiger partial charge in [-0.2, -0.15) is 18.2 Å². The van der Waals surface area contributed by atoms with Crippen LogP contribution in [0.5, 0.6) is 11.8 Å². The van der Waals surface area contributed by atoms with Crippen LogP contribution in [-0.2, 0) is 24.4 Å². The predicted octanol–water partition coefficient (Wildman–Crippen LogP) is 5.26.